The van der Waals surface area contributed by atoms with Gasteiger partial charge < -0.3 is 9.80 Å². The average Bonchev–Trinajstić information content (AvgIpc) is 2.99. The third-order valence-corrected chi connectivity index (χ3v) is 5.51. The van der Waals surface area contributed by atoms with Gasteiger partial charge in [0, 0.05) is 55.7 Å². The highest BCUT2D eigenvalue weighted by Gasteiger charge is 2.18. The van der Waals surface area contributed by atoms with Gasteiger partial charge in [-0.05, 0) is 50.6 Å². The summed E-state index contributed by atoms with van der Waals surface area (Å²) in [7, 11) is 5.94. The highest BCUT2D eigenvalue weighted by atomic mass is 32.1. The zero-order valence-electron chi connectivity index (χ0n) is 16.8. The second kappa shape index (κ2) is 9.19. The maximum Gasteiger partial charge on any atom is 0.236 e. The maximum absolute atomic E-state index is 12.7. The van der Waals surface area contributed by atoms with Gasteiger partial charge >= 0.3 is 0 Å². The van der Waals surface area contributed by atoms with Gasteiger partial charge in [0.25, 0.3) is 0 Å². The van der Waals surface area contributed by atoms with Crippen LogP contribution in [0, 0.1) is 6.92 Å². The van der Waals surface area contributed by atoms with Gasteiger partial charge in [0.05, 0.1) is 6.54 Å². The van der Waals surface area contributed by atoms with Gasteiger partial charge in [-0.15, -0.1) is 11.3 Å². The lowest BCUT2D eigenvalue weighted by Gasteiger charge is -2.28. The van der Waals surface area contributed by atoms with Gasteiger partial charge in [0.1, 0.15) is 0 Å². The number of nitrogens with zero attached hydrogens (tertiary/aromatic N) is 3. The Balaban J connectivity index is 1.94. The number of benzene rings is 1. The van der Waals surface area contributed by atoms with Crippen LogP contribution in [0.15, 0.2) is 36.4 Å². The predicted molar refractivity (Wildman–Crippen MR) is 112 cm³/mol. The lowest BCUT2D eigenvalue weighted by molar-refractivity contribution is -0.132. The molecule has 26 heavy (non-hydrogen) atoms. The smallest absolute Gasteiger partial charge is 0.236 e. The number of carbonyl (C=O) groups excluding carboxylic acids is 1. The molecular weight excluding hydrogens is 342 g/mol. The minimum Gasteiger partial charge on any atom is -0.378 e. The highest BCUT2D eigenvalue weighted by molar-refractivity contribution is 7.11. The molecule has 4 nitrogen and oxygen atoms in total. The van der Waals surface area contributed by atoms with Crippen molar-refractivity contribution < 1.29 is 4.79 Å². The van der Waals surface area contributed by atoms with E-state index in [0.29, 0.717) is 19.1 Å². The van der Waals surface area contributed by atoms with Crippen LogP contribution in [0.4, 0.5) is 5.69 Å². The molecule has 0 saturated heterocycles. The molecule has 1 aromatic carbocycles. The van der Waals surface area contributed by atoms with Gasteiger partial charge in [-0.1, -0.05) is 12.1 Å². The summed E-state index contributed by atoms with van der Waals surface area (Å²) in [5.41, 5.74) is 2.32. The van der Waals surface area contributed by atoms with Crippen molar-refractivity contribution in [3.8, 4) is 0 Å². The molecule has 0 N–H and O–H groups in total. The molecule has 1 aromatic heterocycles. The van der Waals surface area contributed by atoms with Crippen LogP contribution in [0.1, 0.15) is 29.2 Å². The van der Waals surface area contributed by atoms with Crippen LogP contribution in [0.5, 0.6) is 0 Å². The van der Waals surface area contributed by atoms with E-state index >= 15 is 0 Å². The van der Waals surface area contributed by atoms with Gasteiger partial charge in [-0.2, -0.15) is 0 Å². The molecule has 0 bridgehead atoms. The van der Waals surface area contributed by atoms with Crippen LogP contribution in [-0.4, -0.2) is 49.4 Å². The Hall–Kier alpha value is -1.85. The molecule has 1 amide bonds. The van der Waals surface area contributed by atoms with E-state index in [1.807, 2.05) is 26.0 Å². The predicted octanol–water partition coefficient (Wildman–Crippen LogP) is 3.99. The normalized spacial score (nSPS) is 11.2. The molecule has 0 aliphatic heterocycles. The molecule has 0 atom stereocenters. The molecule has 0 fully saturated rings. The monoisotopic (exact) mass is 373 g/mol. The Bertz CT molecular complexity index is 706. The van der Waals surface area contributed by atoms with Crippen LogP contribution >= 0.6 is 11.3 Å². The largest absolute Gasteiger partial charge is 0.378 e. The van der Waals surface area contributed by atoms with Crippen LogP contribution < -0.4 is 4.90 Å². The van der Waals surface area contributed by atoms with Crippen molar-refractivity contribution in [2.45, 2.75) is 39.9 Å². The third-order valence-electron chi connectivity index (χ3n) is 4.52. The molecule has 0 aliphatic carbocycles. The van der Waals surface area contributed by atoms with Crippen molar-refractivity contribution in [1.82, 2.24) is 9.80 Å². The fraction of sp³-hybridized carbons (Fsp3) is 0.476. The van der Waals surface area contributed by atoms with E-state index < -0.39 is 0 Å². The molecule has 0 saturated carbocycles. The fourth-order valence-electron chi connectivity index (χ4n) is 2.75. The van der Waals surface area contributed by atoms with Crippen molar-refractivity contribution in [3.63, 3.8) is 0 Å². The molecule has 142 valence electrons. The molecule has 0 unspecified atom stereocenters. The lowest BCUT2D eigenvalue weighted by Crippen LogP contribution is -2.40. The summed E-state index contributed by atoms with van der Waals surface area (Å²) in [5.74, 6) is 0.156. The molecule has 0 radical (unpaired) electrons. The molecule has 2 rings (SSSR count). The Kier molecular flexibility index (Phi) is 7.23. The molecule has 5 heteroatoms. The summed E-state index contributed by atoms with van der Waals surface area (Å²) in [6.07, 6.45) is 0. The number of likely N-dealkylation sites (N-methyl/N-ethyl adjacent to an activating group) is 1. The number of thiophene rings is 1. The van der Waals surface area contributed by atoms with Crippen LogP contribution in [0.3, 0.4) is 0 Å². The van der Waals surface area contributed by atoms with Gasteiger partial charge in [-0.3, -0.25) is 9.69 Å². The minimum absolute atomic E-state index is 0.156. The number of hydrogen-bond donors (Lipinski definition) is 0. The number of rotatable bonds is 8. The average molecular weight is 374 g/mol. The maximum atomic E-state index is 12.7. The summed E-state index contributed by atoms with van der Waals surface area (Å²) in [6.45, 7) is 8.32. The van der Waals surface area contributed by atoms with Gasteiger partial charge in [0.15, 0.2) is 0 Å². The Labute approximate surface area is 162 Å². The van der Waals surface area contributed by atoms with Crippen molar-refractivity contribution in [3.05, 3.63) is 51.7 Å². The SMILES string of the molecule is Cc1ccc(CN(CC(=O)N(C)Cc2ccc(N(C)C)cc2)C(C)C)s1. The van der Waals surface area contributed by atoms with E-state index in [1.165, 1.54) is 15.4 Å². The number of amides is 1. The second-order valence-electron chi connectivity index (χ2n) is 7.32. The Morgan fingerprint density at radius 3 is 2.15 bits per heavy atom. The molecular formula is C21H31N3OS. The number of hydrogen-bond acceptors (Lipinski definition) is 4. The van der Waals surface area contributed by atoms with E-state index in [2.05, 4.69) is 67.0 Å². The molecule has 2 aromatic rings. The Morgan fingerprint density at radius 1 is 1.00 bits per heavy atom. The minimum atomic E-state index is 0.156. The van der Waals surface area contributed by atoms with E-state index in [-0.39, 0.29) is 5.91 Å². The Morgan fingerprint density at radius 2 is 1.65 bits per heavy atom. The number of carbonyl (C=O) groups is 1. The zero-order valence-corrected chi connectivity index (χ0v) is 17.6. The van der Waals surface area contributed by atoms with E-state index in [1.54, 1.807) is 11.3 Å². The summed E-state index contributed by atoms with van der Waals surface area (Å²) in [6, 6.07) is 13.0. The first-order valence-electron chi connectivity index (χ1n) is 9.06. The van der Waals surface area contributed by atoms with Crippen LogP contribution in [0.2, 0.25) is 0 Å². The van der Waals surface area contributed by atoms with Crippen LogP contribution in [-0.2, 0) is 17.9 Å². The first-order valence-corrected chi connectivity index (χ1v) is 9.87. The van der Waals surface area contributed by atoms with E-state index in [9.17, 15) is 4.79 Å². The van der Waals surface area contributed by atoms with Gasteiger partial charge in [0.2, 0.25) is 5.91 Å². The molecule has 1 heterocycles. The first kappa shape index (κ1) is 20.5. The molecule has 0 spiro atoms. The highest BCUT2D eigenvalue weighted by Crippen LogP contribution is 2.19. The fourth-order valence-corrected chi connectivity index (χ4v) is 3.66. The second-order valence-corrected chi connectivity index (χ2v) is 8.69. The first-order chi connectivity index (χ1) is 12.3. The zero-order chi connectivity index (χ0) is 19.3. The van der Waals surface area contributed by atoms with E-state index in [4.69, 9.17) is 0 Å². The molecule has 0 aliphatic rings. The summed E-state index contributed by atoms with van der Waals surface area (Å²) in [4.78, 5) is 21.5. The van der Waals surface area contributed by atoms with Crippen molar-refractivity contribution in [2.24, 2.45) is 0 Å². The topological polar surface area (TPSA) is 26.8 Å². The third kappa shape index (κ3) is 5.85. The standard InChI is InChI=1S/C21H31N3OS/c1-16(2)24(14-20-12-7-17(3)26-20)15-21(25)23(6)13-18-8-10-19(11-9-18)22(4)5/h7-12,16H,13-15H2,1-6H3. The van der Waals surface area contributed by atoms with Crippen LogP contribution in [0.25, 0.3) is 0 Å². The summed E-state index contributed by atoms with van der Waals surface area (Å²) < 4.78 is 0. The van der Waals surface area contributed by atoms with Crippen molar-refractivity contribution in [2.75, 3.05) is 32.6 Å². The summed E-state index contributed by atoms with van der Waals surface area (Å²) in [5, 5.41) is 0. The van der Waals surface area contributed by atoms with Crippen molar-refractivity contribution in [1.29, 1.82) is 0 Å². The number of aryl methyl sites for hydroxylation is 1. The van der Waals surface area contributed by atoms with Gasteiger partial charge in [-0.25, -0.2) is 0 Å². The summed E-state index contributed by atoms with van der Waals surface area (Å²) >= 11 is 1.80. The lowest BCUT2D eigenvalue weighted by atomic mass is 10.2. The quantitative estimate of drug-likeness (QED) is 0.700. The van der Waals surface area contributed by atoms with Crippen molar-refractivity contribution >= 4 is 22.9 Å². The number of anilines is 1. The van der Waals surface area contributed by atoms with E-state index in [0.717, 1.165) is 12.1 Å².